The zero-order valence-corrected chi connectivity index (χ0v) is 9.25. The molecule has 0 aliphatic rings. The van der Waals surface area contributed by atoms with Gasteiger partial charge in [0.15, 0.2) is 0 Å². The molecule has 0 spiro atoms. The summed E-state index contributed by atoms with van der Waals surface area (Å²) in [5.74, 6) is 0.0922. The van der Waals surface area contributed by atoms with Gasteiger partial charge in [0.2, 0.25) is 0 Å². The standard InChI is InChI=1S/C11H13ClN2O/c1-2-5-14-10(7-13)9-6-8(12)3-4-11(9)15/h3-4,6,10,14-15H,2,5H2,1H3. The van der Waals surface area contributed by atoms with Crippen LogP contribution in [-0.4, -0.2) is 11.7 Å². The third-order valence-electron chi connectivity index (χ3n) is 2.03. The summed E-state index contributed by atoms with van der Waals surface area (Å²) in [6, 6.07) is 6.27. The van der Waals surface area contributed by atoms with E-state index in [0.29, 0.717) is 10.6 Å². The van der Waals surface area contributed by atoms with Crippen LogP contribution in [0.5, 0.6) is 5.75 Å². The van der Waals surface area contributed by atoms with Gasteiger partial charge in [-0.15, -0.1) is 0 Å². The number of nitrogens with zero attached hydrogens (tertiary/aromatic N) is 1. The molecule has 1 unspecified atom stereocenters. The van der Waals surface area contributed by atoms with Crippen molar-refractivity contribution in [3.05, 3.63) is 28.8 Å². The van der Waals surface area contributed by atoms with Gasteiger partial charge in [-0.25, -0.2) is 0 Å². The maximum atomic E-state index is 9.59. The fourth-order valence-electron chi connectivity index (χ4n) is 1.27. The Bertz CT molecular complexity index is 373. The molecule has 0 radical (unpaired) electrons. The molecule has 0 heterocycles. The summed E-state index contributed by atoms with van der Waals surface area (Å²) in [6.45, 7) is 2.74. The molecule has 2 N–H and O–H groups in total. The minimum atomic E-state index is -0.511. The first-order valence-electron chi connectivity index (χ1n) is 4.80. The number of hydrogen-bond donors (Lipinski definition) is 2. The zero-order valence-electron chi connectivity index (χ0n) is 8.50. The highest BCUT2D eigenvalue weighted by atomic mass is 35.5. The molecule has 0 aromatic heterocycles. The zero-order chi connectivity index (χ0) is 11.3. The highest BCUT2D eigenvalue weighted by molar-refractivity contribution is 6.30. The molecule has 0 aliphatic heterocycles. The van der Waals surface area contributed by atoms with Crippen molar-refractivity contribution in [3.8, 4) is 11.8 Å². The van der Waals surface area contributed by atoms with Crippen LogP contribution in [-0.2, 0) is 0 Å². The summed E-state index contributed by atoms with van der Waals surface area (Å²) in [5, 5.41) is 22.1. The van der Waals surface area contributed by atoms with Gasteiger partial charge in [-0.2, -0.15) is 5.26 Å². The summed E-state index contributed by atoms with van der Waals surface area (Å²) in [4.78, 5) is 0. The number of aromatic hydroxyl groups is 1. The molecule has 0 saturated heterocycles. The van der Waals surface area contributed by atoms with Gasteiger partial charge < -0.3 is 5.11 Å². The SMILES string of the molecule is CCCNC(C#N)c1cc(Cl)ccc1O. The summed E-state index contributed by atoms with van der Waals surface area (Å²) in [6.07, 6.45) is 0.930. The molecule has 1 aromatic rings. The average Bonchev–Trinajstić information content (AvgIpc) is 2.24. The van der Waals surface area contributed by atoms with Crippen LogP contribution in [0.2, 0.25) is 5.02 Å². The van der Waals surface area contributed by atoms with Gasteiger partial charge in [0, 0.05) is 10.6 Å². The first kappa shape index (κ1) is 11.8. The molecule has 1 aromatic carbocycles. The quantitative estimate of drug-likeness (QED) is 0.827. The third-order valence-corrected chi connectivity index (χ3v) is 2.26. The predicted octanol–water partition coefficient (Wildman–Crippen LogP) is 2.61. The van der Waals surface area contributed by atoms with Crippen LogP contribution >= 0.6 is 11.6 Å². The van der Waals surface area contributed by atoms with Gasteiger partial charge in [0.05, 0.1) is 6.07 Å². The van der Waals surface area contributed by atoms with Crippen LogP contribution in [0.4, 0.5) is 0 Å². The number of nitriles is 1. The smallest absolute Gasteiger partial charge is 0.124 e. The van der Waals surface area contributed by atoms with Crippen molar-refractivity contribution >= 4 is 11.6 Å². The van der Waals surface area contributed by atoms with Gasteiger partial charge >= 0.3 is 0 Å². The normalized spacial score (nSPS) is 12.1. The van der Waals surface area contributed by atoms with E-state index in [2.05, 4.69) is 11.4 Å². The van der Waals surface area contributed by atoms with E-state index in [-0.39, 0.29) is 5.75 Å². The Hall–Kier alpha value is -1.24. The van der Waals surface area contributed by atoms with E-state index in [1.165, 1.54) is 6.07 Å². The highest BCUT2D eigenvalue weighted by Gasteiger charge is 2.13. The molecule has 4 heteroatoms. The Morgan fingerprint density at radius 1 is 1.60 bits per heavy atom. The molecule has 0 amide bonds. The Morgan fingerprint density at radius 3 is 2.93 bits per heavy atom. The molecule has 80 valence electrons. The minimum absolute atomic E-state index is 0.0922. The van der Waals surface area contributed by atoms with Crippen molar-refractivity contribution in [1.29, 1.82) is 5.26 Å². The van der Waals surface area contributed by atoms with Crippen LogP contribution in [0.1, 0.15) is 24.9 Å². The van der Waals surface area contributed by atoms with Gasteiger partial charge in [-0.1, -0.05) is 18.5 Å². The third kappa shape index (κ3) is 3.12. The Labute approximate surface area is 94.3 Å². The maximum absolute atomic E-state index is 9.59. The van der Waals surface area contributed by atoms with Crippen molar-refractivity contribution < 1.29 is 5.11 Å². The number of benzene rings is 1. The average molecular weight is 225 g/mol. The summed E-state index contributed by atoms with van der Waals surface area (Å²) in [7, 11) is 0. The van der Waals surface area contributed by atoms with Crippen LogP contribution < -0.4 is 5.32 Å². The Morgan fingerprint density at radius 2 is 2.33 bits per heavy atom. The summed E-state index contributed by atoms with van der Waals surface area (Å²) < 4.78 is 0. The predicted molar refractivity (Wildman–Crippen MR) is 59.8 cm³/mol. The van der Waals surface area contributed by atoms with Crippen molar-refractivity contribution in [2.45, 2.75) is 19.4 Å². The maximum Gasteiger partial charge on any atom is 0.124 e. The van der Waals surface area contributed by atoms with E-state index < -0.39 is 6.04 Å². The molecule has 1 rings (SSSR count). The van der Waals surface area contributed by atoms with Gasteiger partial charge in [0.1, 0.15) is 11.8 Å². The van der Waals surface area contributed by atoms with Crippen molar-refractivity contribution in [1.82, 2.24) is 5.32 Å². The molecule has 1 atom stereocenters. The molecular formula is C11H13ClN2O. The van der Waals surface area contributed by atoms with Gasteiger partial charge in [-0.05, 0) is 31.2 Å². The van der Waals surface area contributed by atoms with Gasteiger partial charge in [0.25, 0.3) is 0 Å². The molecule has 0 aliphatic carbocycles. The van der Waals surface area contributed by atoms with Gasteiger partial charge in [-0.3, -0.25) is 5.32 Å². The first-order valence-corrected chi connectivity index (χ1v) is 5.18. The number of hydrogen-bond acceptors (Lipinski definition) is 3. The monoisotopic (exact) mass is 224 g/mol. The number of nitrogens with one attached hydrogen (secondary N) is 1. The minimum Gasteiger partial charge on any atom is -0.508 e. The van der Waals surface area contributed by atoms with Crippen LogP contribution in [0, 0.1) is 11.3 Å². The second-order valence-corrected chi connectivity index (χ2v) is 3.66. The number of phenolic OH excluding ortho intramolecular Hbond substituents is 1. The Balaban J connectivity index is 2.91. The van der Waals surface area contributed by atoms with Crippen molar-refractivity contribution in [3.63, 3.8) is 0 Å². The lowest BCUT2D eigenvalue weighted by Crippen LogP contribution is -2.20. The van der Waals surface area contributed by atoms with Crippen LogP contribution in [0.25, 0.3) is 0 Å². The number of halogens is 1. The molecule has 15 heavy (non-hydrogen) atoms. The summed E-state index contributed by atoms with van der Waals surface area (Å²) >= 11 is 5.80. The number of rotatable bonds is 4. The van der Waals surface area contributed by atoms with Crippen molar-refractivity contribution in [2.75, 3.05) is 6.54 Å². The Kier molecular flexibility index (Phi) is 4.41. The van der Waals surface area contributed by atoms with Crippen LogP contribution in [0.15, 0.2) is 18.2 Å². The molecule has 0 fully saturated rings. The second kappa shape index (κ2) is 5.59. The lowest BCUT2D eigenvalue weighted by molar-refractivity contribution is 0.459. The fraction of sp³-hybridized carbons (Fsp3) is 0.364. The molecule has 3 nitrogen and oxygen atoms in total. The van der Waals surface area contributed by atoms with Crippen LogP contribution in [0.3, 0.4) is 0 Å². The van der Waals surface area contributed by atoms with E-state index in [0.717, 1.165) is 13.0 Å². The van der Waals surface area contributed by atoms with E-state index in [1.807, 2.05) is 6.92 Å². The van der Waals surface area contributed by atoms with E-state index >= 15 is 0 Å². The van der Waals surface area contributed by atoms with E-state index in [4.69, 9.17) is 16.9 Å². The van der Waals surface area contributed by atoms with Crippen molar-refractivity contribution in [2.24, 2.45) is 0 Å². The number of phenols is 1. The lowest BCUT2D eigenvalue weighted by Gasteiger charge is -2.12. The molecule has 0 bridgehead atoms. The topological polar surface area (TPSA) is 56.0 Å². The summed E-state index contributed by atoms with van der Waals surface area (Å²) in [5.41, 5.74) is 0.526. The second-order valence-electron chi connectivity index (χ2n) is 3.22. The molecular weight excluding hydrogens is 212 g/mol. The lowest BCUT2D eigenvalue weighted by atomic mass is 10.1. The largest absolute Gasteiger partial charge is 0.508 e. The fourth-order valence-corrected chi connectivity index (χ4v) is 1.45. The highest BCUT2D eigenvalue weighted by Crippen LogP contribution is 2.26. The van der Waals surface area contributed by atoms with E-state index in [1.54, 1.807) is 12.1 Å². The van der Waals surface area contributed by atoms with E-state index in [9.17, 15) is 5.11 Å². The molecule has 0 saturated carbocycles. The first-order chi connectivity index (χ1) is 7.19.